The fourth-order valence-corrected chi connectivity index (χ4v) is 4.51. The summed E-state index contributed by atoms with van der Waals surface area (Å²) in [7, 11) is 0. The maximum Gasteiger partial charge on any atom is 0.234 e. The number of benzene rings is 2. The average Bonchev–Trinajstić information content (AvgIpc) is 2.83. The van der Waals surface area contributed by atoms with Gasteiger partial charge in [-0.3, -0.25) is 4.79 Å². The minimum absolute atomic E-state index is 0.0553. The summed E-state index contributed by atoms with van der Waals surface area (Å²) in [6, 6.07) is 19.9. The number of hydrogen-bond donors (Lipinski definition) is 1. The van der Waals surface area contributed by atoms with Crippen LogP contribution in [-0.2, 0) is 4.79 Å². The van der Waals surface area contributed by atoms with Crippen LogP contribution in [0.1, 0.15) is 25.3 Å². The molecule has 1 amide bonds. The first-order chi connectivity index (χ1) is 16.0. The number of carbonyl (C=O) groups excluding carboxylic acids is 1. The number of rotatable bonds is 7. The van der Waals surface area contributed by atoms with Crippen LogP contribution in [0.2, 0.25) is 5.02 Å². The first-order valence-electron chi connectivity index (χ1n) is 11.1. The van der Waals surface area contributed by atoms with E-state index in [0.29, 0.717) is 5.92 Å². The molecule has 1 N–H and O–H groups in total. The number of amides is 1. The van der Waals surface area contributed by atoms with Crippen LogP contribution in [0, 0.1) is 0 Å². The highest BCUT2D eigenvalue weighted by atomic mass is 35.5. The van der Waals surface area contributed by atoms with Crippen LogP contribution >= 0.6 is 23.4 Å². The van der Waals surface area contributed by atoms with Crippen LogP contribution in [0.5, 0.6) is 0 Å². The third-order valence-corrected chi connectivity index (χ3v) is 6.77. The van der Waals surface area contributed by atoms with Crippen molar-refractivity contribution in [3.8, 4) is 0 Å². The van der Waals surface area contributed by atoms with Crippen LogP contribution in [0.25, 0.3) is 0 Å². The molecule has 0 aliphatic carbocycles. The number of anilines is 3. The Morgan fingerprint density at radius 2 is 1.73 bits per heavy atom. The molecule has 1 fully saturated rings. The summed E-state index contributed by atoms with van der Waals surface area (Å²) < 4.78 is 0. The van der Waals surface area contributed by atoms with Crippen LogP contribution in [-0.4, -0.2) is 48.0 Å². The molecule has 0 saturated carbocycles. The molecule has 2 heterocycles. The van der Waals surface area contributed by atoms with Gasteiger partial charge in [-0.25, -0.2) is 0 Å². The van der Waals surface area contributed by atoms with E-state index in [9.17, 15) is 4.79 Å². The zero-order valence-electron chi connectivity index (χ0n) is 18.9. The number of piperazine rings is 1. The molecule has 0 unspecified atom stereocenters. The van der Waals surface area contributed by atoms with E-state index in [-0.39, 0.29) is 11.7 Å². The van der Waals surface area contributed by atoms with E-state index in [2.05, 4.69) is 45.2 Å². The van der Waals surface area contributed by atoms with Crippen molar-refractivity contribution in [2.45, 2.75) is 24.8 Å². The van der Waals surface area contributed by atoms with Crippen LogP contribution in [0.15, 0.2) is 65.7 Å². The first kappa shape index (κ1) is 23.4. The predicted molar refractivity (Wildman–Crippen MR) is 138 cm³/mol. The Balaban J connectivity index is 1.24. The number of carbonyl (C=O) groups is 1. The Bertz CT molecular complexity index is 1070. The summed E-state index contributed by atoms with van der Waals surface area (Å²) >= 11 is 7.51. The fraction of sp³-hybridized carbons (Fsp3) is 0.320. The molecule has 33 heavy (non-hydrogen) atoms. The Kier molecular flexibility index (Phi) is 7.73. The third kappa shape index (κ3) is 6.39. The second-order valence-electron chi connectivity index (χ2n) is 8.30. The maximum atomic E-state index is 12.3. The van der Waals surface area contributed by atoms with Gasteiger partial charge in [-0.2, -0.15) is 0 Å². The Morgan fingerprint density at radius 1 is 1.00 bits per heavy atom. The van der Waals surface area contributed by atoms with Crippen LogP contribution in [0.4, 0.5) is 17.2 Å². The average molecular weight is 482 g/mol. The van der Waals surface area contributed by atoms with E-state index in [1.807, 2.05) is 54.6 Å². The molecule has 0 radical (unpaired) electrons. The maximum absolute atomic E-state index is 12.3. The van der Waals surface area contributed by atoms with E-state index >= 15 is 0 Å². The SMILES string of the molecule is CC(C)c1ccc(NC(=O)CSc2ccc(N3CCN(c4cccc(Cl)c4)CC3)nn2)cc1. The molecule has 172 valence electrons. The van der Waals surface area contributed by atoms with Crippen LogP contribution in [0.3, 0.4) is 0 Å². The van der Waals surface area contributed by atoms with E-state index in [1.54, 1.807) is 0 Å². The topological polar surface area (TPSA) is 61.4 Å². The monoisotopic (exact) mass is 481 g/mol. The molecule has 8 heteroatoms. The molecule has 1 aromatic heterocycles. The summed E-state index contributed by atoms with van der Waals surface area (Å²) in [5, 5.41) is 13.1. The standard InChI is InChI=1S/C25H28ClN5OS/c1-18(2)19-6-8-21(9-7-19)27-24(32)17-33-25-11-10-23(28-29-25)31-14-12-30(13-15-31)22-5-3-4-20(26)16-22/h3-11,16,18H,12-15,17H2,1-2H3,(H,27,32). The second-order valence-corrected chi connectivity index (χ2v) is 9.73. The number of aromatic nitrogens is 2. The number of thioether (sulfide) groups is 1. The molecule has 0 bridgehead atoms. The molecular weight excluding hydrogens is 454 g/mol. The van der Waals surface area contributed by atoms with Crippen molar-refractivity contribution in [3.63, 3.8) is 0 Å². The normalized spacial score (nSPS) is 13.9. The van der Waals surface area contributed by atoms with Gasteiger partial charge < -0.3 is 15.1 Å². The van der Waals surface area contributed by atoms with Crippen molar-refractivity contribution in [1.29, 1.82) is 0 Å². The second kappa shape index (κ2) is 10.9. The summed E-state index contributed by atoms with van der Waals surface area (Å²) in [5.74, 6) is 1.57. The zero-order valence-corrected chi connectivity index (χ0v) is 20.4. The fourth-order valence-electron chi connectivity index (χ4n) is 3.71. The smallest absolute Gasteiger partial charge is 0.234 e. The van der Waals surface area contributed by atoms with E-state index in [4.69, 9.17) is 11.6 Å². The van der Waals surface area contributed by atoms with Gasteiger partial charge in [0.25, 0.3) is 0 Å². The minimum Gasteiger partial charge on any atom is -0.368 e. The lowest BCUT2D eigenvalue weighted by atomic mass is 10.0. The molecule has 1 aliphatic heterocycles. The summed E-state index contributed by atoms with van der Waals surface area (Å²) in [6.45, 7) is 7.83. The quantitative estimate of drug-likeness (QED) is 0.461. The van der Waals surface area contributed by atoms with Gasteiger partial charge >= 0.3 is 0 Å². The molecule has 4 rings (SSSR count). The highest BCUT2D eigenvalue weighted by molar-refractivity contribution is 7.99. The highest BCUT2D eigenvalue weighted by Crippen LogP contribution is 2.23. The van der Waals surface area contributed by atoms with Gasteiger partial charge in [-0.15, -0.1) is 10.2 Å². The van der Waals surface area contributed by atoms with Crippen LogP contribution < -0.4 is 15.1 Å². The molecule has 6 nitrogen and oxygen atoms in total. The molecule has 0 atom stereocenters. The molecule has 0 spiro atoms. The lowest BCUT2D eigenvalue weighted by molar-refractivity contribution is -0.113. The highest BCUT2D eigenvalue weighted by Gasteiger charge is 2.19. The van der Waals surface area contributed by atoms with Gasteiger partial charge in [0.05, 0.1) is 5.75 Å². The van der Waals surface area contributed by atoms with Crippen molar-refractivity contribution in [3.05, 3.63) is 71.2 Å². The van der Waals surface area contributed by atoms with Crippen molar-refractivity contribution in [1.82, 2.24) is 10.2 Å². The van der Waals surface area contributed by atoms with E-state index in [1.165, 1.54) is 17.3 Å². The molecular formula is C25H28ClN5OS. The van der Waals surface area contributed by atoms with Gasteiger partial charge in [-0.1, -0.05) is 55.4 Å². The number of nitrogens with one attached hydrogen (secondary N) is 1. The minimum atomic E-state index is -0.0553. The lowest BCUT2D eigenvalue weighted by Crippen LogP contribution is -2.46. The summed E-state index contributed by atoms with van der Waals surface area (Å²) in [6.07, 6.45) is 0. The van der Waals surface area contributed by atoms with Gasteiger partial charge in [0.15, 0.2) is 5.82 Å². The largest absolute Gasteiger partial charge is 0.368 e. The van der Waals surface area contributed by atoms with Gasteiger partial charge in [-0.05, 0) is 53.9 Å². The number of nitrogens with zero attached hydrogens (tertiary/aromatic N) is 4. The first-order valence-corrected chi connectivity index (χ1v) is 12.5. The van der Waals surface area contributed by atoms with Crippen molar-refractivity contribution in [2.24, 2.45) is 0 Å². The zero-order chi connectivity index (χ0) is 23.2. The Hall–Kier alpha value is -2.77. The molecule has 1 saturated heterocycles. The number of halogens is 1. The predicted octanol–water partition coefficient (Wildman–Crippen LogP) is 5.31. The summed E-state index contributed by atoms with van der Waals surface area (Å²) in [5.41, 5.74) is 3.21. The molecule has 1 aliphatic rings. The van der Waals surface area contributed by atoms with Gasteiger partial charge in [0.1, 0.15) is 5.03 Å². The van der Waals surface area contributed by atoms with E-state index in [0.717, 1.165) is 53.4 Å². The molecule has 3 aromatic rings. The van der Waals surface area contributed by atoms with Crippen molar-refractivity contribution in [2.75, 3.05) is 47.0 Å². The summed E-state index contributed by atoms with van der Waals surface area (Å²) in [4.78, 5) is 16.8. The number of hydrogen-bond acceptors (Lipinski definition) is 6. The van der Waals surface area contributed by atoms with Gasteiger partial charge in [0, 0.05) is 42.6 Å². The lowest BCUT2D eigenvalue weighted by Gasteiger charge is -2.36. The van der Waals surface area contributed by atoms with Crippen molar-refractivity contribution < 1.29 is 4.79 Å². The van der Waals surface area contributed by atoms with Crippen molar-refractivity contribution >= 4 is 46.5 Å². The Labute approximate surface area is 204 Å². The third-order valence-electron chi connectivity index (χ3n) is 5.62. The molecule has 2 aromatic carbocycles. The van der Waals surface area contributed by atoms with E-state index < -0.39 is 0 Å². The Morgan fingerprint density at radius 3 is 2.36 bits per heavy atom. The van der Waals surface area contributed by atoms with Gasteiger partial charge in [0.2, 0.25) is 5.91 Å².